The molecule has 1 atom stereocenters. The smallest absolute Gasteiger partial charge is 0.244 e. The van der Waals surface area contributed by atoms with Gasteiger partial charge >= 0.3 is 0 Å². The molecular formula is C24H29N3O4S. The minimum absolute atomic E-state index is 0.0998. The molecule has 0 bridgehead atoms. The quantitative estimate of drug-likeness (QED) is 0.626. The lowest BCUT2D eigenvalue weighted by atomic mass is 10.0. The summed E-state index contributed by atoms with van der Waals surface area (Å²) >= 11 is 0. The summed E-state index contributed by atoms with van der Waals surface area (Å²) in [6.45, 7) is 4.60. The van der Waals surface area contributed by atoms with Gasteiger partial charge in [-0.05, 0) is 37.5 Å². The lowest BCUT2D eigenvalue weighted by Gasteiger charge is -2.39. The zero-order valence-corrected chi connectivity index (χ0v) is 19.1. The van der Waals surface area contributed by atoms with E-state index in [0.717, 1.165) is 31.5 Å². The van der Waals surface area contributed by atoms with Crippen LogP contribution in [0.25, 0.3) is 0 Å². The Hall–Kier alpha value is -2.55. The van der Waals surface area contributed by atoms with E-state index in [9.17, 15) is 18.0 Å². The monoisotopic (exact) mass is 455 g/mol. The standard InChI is InChI=1S/C24H29N3O4S/c1-19(28)20-9-11-22(12-10-20)32(30,31)27-17-15-25(16-18-27)23(21-7-3-2-4-8-21)24(29)26-13-5-6-14-26/h2-4,7-12,23H,5-6,13-18H2,1H3/t23-/m1/s1. The molecule has 32 heavy (non-hydrogen) atoms. The van der Waals surface area contributed by atoms with Crippen LogP contribution < -0.4 is 0 Å². The summed E-state index contributed by atoms with van der Waals surface area (Å²) in [5.74, 6) is 0.00187. The summed E-state index contributed by atoms with van der Waals surface area (Å²) in [7, 11) is -3.65. The van der Waals surface area contributed by atoms with E-state index in [1.54, 1.807) is 12.1 Å². The summed E-state index contributed by atoms with van der Waals surface area (Å²) in [4.78, 5) is 29.0. The number of benzene rings is 2. The largest absolute Gasteiger partial charge is 0.341 e. The van der Waals surface area contributed by atoms with Crippen molar-refractivity contribution in [3.05, 3.63) is 65.7 Å². The van der Waals surface area contributed by atoms with Crippen LogP contribution in [0.1, 0.15) is 41.7 Å². The molecule has 2 aromatic carbocycles. The van der Waals surface area contributed by atoms with E-state index in [-0.39, 0.29) is 16.6 Å². The van der Waals surface area contributed by atoms with Gasteiger partial charge in [0, 0.05) is 44.8 Å². The van der Waals surface area contributed by atoms with Gasteiger partial charge in [0.05, 0.1) is 4.90 Å². The fourth-order valence-electron chi connectivity index (χ4n) is 4.47. The highest BCUT2D eigenvalue weighted by molar-refractivity contribution is 7.89. The van der Waals surface area contributed by atoms with Gasteiger partial charge in [0.15, 0.2) is 5.78 Å². The maximum atomic E-state index is 13.4. The first-order valence-corrected chi connectivity index (χ1v) is 12.5. The van der Waals surface area contributed by atoms with Crippen molar-refractivity contribution < 1.29 is 18.0 Å². The Labute approximate surface area is 189 Å². The number of likely N-dealkylation sites (tertiary alicyclic amines) is 1. The van der Waals surface area contributed by atoms with Crippen LogP contribution in [-0.4, -0.2) is 73.5 Å². The van der Waals surface area contributed by atoms with Crippen LogP contribution in [-0.2, 0) is 14.8 Å². The fraction of sp³-hybridized carbons (Fsp3) is 0.417. The number of rotatable bonds is 6. The molecule has 0 aliphatic carbocycles. The van der Waals surface area contributed by atoms with Crippen molar-refractivity contribution in [1.29, 1.82) is 0 Å². The number of sulfonamides is 1. The molecule has 0 N–H and O–H groups in total. The Kier molecular flexibility index (Phi) is 6.74. The van der Waals surface area contributed by atoms with Gasteiger partial charge in [-0.1, -0.05) is 42.5 Å². The van der Waals surface area contributed by atoms with Gasteiger partial charge in [-0.3, -0.25) is 14.5 Å². The normalized spacial score (nSPS) is 19.1. The molecule has 0 radical (unpaired) electrons. The van der Waals surface area contributed by atoms with Crippen LogP contribution in [0.5, 0.6) is 0 Å². The molecule has 1 amide bonds. The summed E-state index contributed by atoms with van der Waals surface area (Å²) in [5, 5.41) is 0. The Morgan fingerprint density at radius 3 is 1.97 bits per heavy atom. The van der Waals surface area contributed by atoms with Gasteiger partial charge < -0.3 is 4.90 Å². The third-order valence-corrected chi connectivity index (χ3v) is 8.22. The average Bonchev–Trinajstić information content (AvgIpc) is 3.35. The highest BCUT2D eigenvalue weighted by atomic mass is 32.2. The molecule has 170 valence electrons. The van der Waals surface area contributed by atoms with Crippen LogP contribution in [0.4, 0.5) is 0 Å². The van der Waals surface area contributed by atoms with E-state index < -0.39 is 16.1 Å². The van der Waals surface area contributed by atoms with Crippen molar-refractivity contribution >= 4 is 21.7 Å². The molecule has 2 heterocycles. The molecule has 4 rings (SSSR count). The number of carbonyl (C=O) groups excluding carboxylic acids is 2. The number of nitrogens with zero attached hydrogens (tertiary/aromatic N) is 3. The molecule has 0 aromatic heterocycles. The first-order valence-electron chi connectivity index (χ1n) is 11.1. The molecule has 2 fully saturated rings. The molecule has 0 unspecified atom stereocenters. The predicted octanol–water partition coefficient (Wildman–Crippen LogP) is 2.56. The van der Waals surface area contributed by atoms with Crippen molar-refractivity contribution in [2.45, 2.75) is 30.7 Å². The Morgan fingerprint density at radius 2 is 1.41 bits per heavy atom. The van der Waals surface area contributed by atoms with Gasteiger partial charge in [-0.2, -0.15) is 4.31 Å². The van der Waals surface area contributed by atoms with E-state index in [1.165, 1.54) is 23.4 Å². The number of Topliss-reactive ketones (excluding diaryl/α,β-unsaturated/α-hetero) is 1. The highest BCUT2D eigenvalue weighted by Crippen LogP contribution is 2.28. The minimum Gasteiger partial charge on any atom is -0.341 e. The van der Waals surface area contributed by atoms with E-state index in [2.05, 4.69) is 4.90 Å². The van der Waals surface area contributed by atoms with Gasteiger partial charge in [-0.15, -0.1) is 0 Å². The maximum Gasteiger partial charge on any atom is 0.244 e. The molecule has 2 aromatic rings. The minimum atomic E-state index is -3.65. The van der Waals surface area contributed by atoms with E-state index >= 15 is 0 Å². The fourth-order valence-corrected chi connectivity index (χ4v) is 5.89. The SMILES string of the molecule is CC(=O)c1ccc(S(=O)(=O)N2CCN([C@@H](C(=O)N3CCCC3)c3ccccc3)CC2)cc1. The number of hydrogen-bond donors (Lipinski definition) is 0. The van der Waals surface area contributed by atoms with E-state index in [4.69, 9.17) is 0 Å². The van der Waals surface area contributed by atoms with Crippen molar-refractivity contribution in [3.8, 4) is 0 Å². The second-order valence-electron chi connectivity index (χ2n) is 8.37. The molecule has 8 heteroatoms. The zero-order valence-electron chi connectivity index (χ0n) is 18.3. The van der Waals surface area contributed by atoms with Crippen LogP contribution in [0.2, 0.25) is 0 Å². The Bertz CT molecular complexity index is 1060. The molecule has 2 aliphatic rings. The highest BCUT2D eigenvalue weighted by Gasteiger charge is 2.36. The molecule has 7 nitrogen and oxygen atoms in total. The second kappa shape index (κ2) is 9.52. The van der Waals surface area contributed by atoms with Crippen LogP contribution in [0, 0.1) is 0 Å². The van der Waals surface area contributed by atoms with Crippen LogP contribution >= 0.6 is 0 Å². The second-order valence-corrected chi connectivity index (χ2v) is 10.3. The first-order chi connectivity index (χ1) is 15.4. The molecule has 0 spiro atoms. The van der Waals surface area contributed by atoms with Gasteiger partial charge in [0.25, 0.3) is 0 Å². The van der Waals surface area contributed by atoms with Gasteiger partial charge in [0.1, 0.15) is 6.04 Å². The van der Waals surface area contributed by atoms with Crippen LogP contribution in [0.15, 0.2) is 59.5 Å². The van der Waals surface area contributed by atoms with Crippen molar-refractivity contribution in [2.24, 2.45) is 0 Å². The zero-order chi connectivity index (χ0) is 22.7. The van der Waals surface area contributed by atoms with Crippen molar-refractivity contribution in [3.63, 3.8) is 0 Å². The van der Waals surface area contributed by atoms with Gasteiger partial charge in [0.2, 0.25) is 15.9 Å². The number of hydrogen-bond acceptors (Lipinski definition) is 5. The molecule has 2 saturated heterocycles. The van der Waals surface area contributed by atoms with E-state index in [0.29, 0.717) is 31.7 Å². The number of ketones is 1. The summed E-state index contributed by atoms with van der Waals surface area (Å²) in [6, 6.07) is 15.4. The first kappa shape index (κ1) is 22.6. The van der Waals surface area contributed by atoms with Crippen molar-refractivity contribution in [2.75, 3.05) is 39.3 Å². The number of amides is 1. The summed E-state index contributed by atoms with van der Waals surface area (Å²) < 4.78 is 27.7. The topological polar surface area (TPSA) is 78.0 Å². The molecular weight excluding hydrogens is 426 g/mol. The third-order valence-electron chi connectivity index (χ3n) is 6.30. The molecule has 0 saturated carbocycles. The summed E-state index contributed by atoms with van der Waals surface area (Å²) in [5.41, 5.74) is 1.43. The third kappa shape index (κ3) is 4.62. The van der Waals surface area contributed by atoms with Gasteiger partial charge in [-0.25, -0.2) is 8.42 Å². The number of piperazine rings is 1. The van der Waals surface area contributed by atoms with Crippen molar-refractivity contribution in [1.82, 2.24) is 14.1 Å². The Balaban J connectivity index is 1.50. The lowest BCUT2D eigenvalue weighted by molar-refractivity contribution is -0.136. The maximum absolute atomic E-state index is 13.4. The van der Waals surface area contributed by atoms with Crippen LogP contribution in [0.3, 0.4) is 0 Å². The van der Waals surface area contributed by atoms with E-state index in [1.807, 2.05) is 35.2 Å². The predicted molar refractivity (Wildman–Crippen MR) is 122 cm³/mol. The average molecular weight is 456 g/mol. The molecule has 2 aliphatic heterocycles. The summed E-state index contributed by atoms with van der Waals surface area (Å²) in [6.07, 6.45) is 2.06. The Morgan fingerprint density at radius 1 is 0.812 bits per heavy atom. The lowest BCUT2D eigenvalue weighted by Crippen LogP contribution is -2.52. The number of carbonyl (C=O) groups is 2.